The zero-order chi connectivity index (χ0) is 11.7. The SMILES string of the molecule is CC12CC3CC(C)(C1)CC(c1nn[nH]n1)(C3)C2. The first kappa shape index (κ1) is 10.0. The Morgan fingerprint density at radius 2 is 1.76 bits per heavy atom. The van der Waals surface area contributed by atoms with Crippen molar-refractivity contribution in [2.75, 3.05) is 0 Å². The smallest absolute Gasteiger partial charge is 0.177 e. The predicted molar refractivity (Wildman–Crippen MR) is 63.3 cm³/mol. The summed E-state index contributed by atoms with van der Waals surface area (Å²) in [7, 11) is 0. The highest BCUT2D eigenvalue weighted by Crippen LogP contribution is 2.69. The maximum atomic E-state index is 4.32. The van der Waals surface area contributed by atoms with Crippen molar-refractivity contribution in [2.24, 2.45) is 16.7 Å². The number of nitrogens with one attached hydrogen (secondary N) is 1. The van der Waals surface area contributed by atoms with Gasteiger partial charge in [0, 0.05) is 5.41 Å². The second-order valence-electron chi connectivity index (χ2n) is 7.65. The van der Waals surface area contributed by atoms with Crippen LogP contribution in [0.25, 0.3) is 0 Å². The van der Waals surface area contributed by atoms with Gasteiger partial charge in [0.25, 0.3) is 0 Å². The number of tetrazole rings is 1. The first-order chi connectivity index (χ1) is 8.01. The molecule has 0 amide bonds. The van der Waals surface area contributed by atoms with Gasteiger partial charge in [0.2, 0.25) is 0 Å². The first-order valence-electron chi connectivity index (χ1n) is 6.75. The Labute approximate surface area is 102 Å². The van der Waals surface area contributed by atoms with E-state index in [4.69, 9.17) is 0 Å². The van der Waals surface area contributed by atoms with E-state index in [2.05, 4.69) is 34.5 Å². The van der Waals surface area contributed by atoms with Crippen molar-refractivity contribution in [3.63, 3.8) is 0 Å². The van der Waals surface area contributed by atoms with Gasteiger partial charge in [0.05, 0.1) is 0 Å². The van der Waals surface area contributed by atoms with Crippen molar-refractivity contribution in [3.8, 4) is 0 Å². The monoisotopic (exact) mass is 232 g/mol. The topological polar surface area (TPSA) is 54.5 Å². The fourth-order valence-electron chi connectivity index (χ4n) is 6.08. The van der Waals surface area contributed by atoms with Gasteiger partial charge in [-0.15, -0.1) is 10.2 Å². The molecule has 4 aliphatic rings. The van der Waals surface area contributed by atoms with E-state index in [9.17, 15) is 0 Å². The van der Waals surface area contributed by atoms with Crippen molar-refractivity contribution in [2.45, 2.75) is 57.8 Å². The fourth-order valence-corrected chi connectivity index (χ4v) is 6.08. The summed E-state index contributed by atoms with van der Waals surface area (Å²) in [5.74, 6) is 1.87. The van der Waals surface area contributed by atoms with Crippen LogP contribution < -0.4 is 0 Å². The Bertz CT molecular complexity index is 434. The fraction of sp³-hybridized carbons (Fsp3) is 0.923. The average molecular weight is 232 g/mol. The van der Waals surface area contributed by atoms with Crippen LogP contribution in [-0.2, 0) is 5.41 Å². The molecule has 0 aromatic carbocycles. The molecule has 0 spiro atoms. The number of aromatic nitrogens is 4. The molecule has 5 rings (SSSR count). The van der Waals surface area contributed by atoms with Gasteiger partial charge in [-0.2, -0.15) is 5.21 Å². The van der Waals surface area contributed by atoms with Gasteiger partial charge in [-0.3, -0.25) is 0 Å². The van der Waals surface area contributed by atoms with E-state index in [0.29, 0.717) is 10.8 Å². The normalized spacial score (nSPS) is 52.0. The lowest BCUT2D eigenvalue weighted by Crippen LogP contribution is -2.57. The number of aromatic amines is 1. The van der Waals surface area contributed by atoms with Crippen LogP contribution in [0.4, 0.5) is 0 Å². The molecule has 1 heterocycles. The van der Waals surface area contributed by atoms with E-state index in [0.717, 1.165) is 11.7 Å². The lowest BCUT2D eigenvalue weighted by atomic mass is 9.40. The number of H-pyrrole nitrogens is 1. The molecule has 1 aromatic heterocycles. The van der Waals surface area contributed by atoms with Crippen LogP contribution in [0.1, 0.15) is 58.2 Å². The van der Waals surface area contributed by atoms with Gasteiger partial charge in [-0.1, -0.05) is 19.1 Å². The van der Waals surface area contributed by atoms with Crippen LogP contribution in [0.5, 0.6) is 0 Å². The summed E-state index contributed by atoms with van der Waals surface area (Å²) in [6, 6.07) is 0. The zero-order valence-electron chi connectivity index (χ0n) is 10.7. The maximum Gasteiger partial charge on any atom is 0.180 e. The lowest BCUT2D eigenvalue weighted by Gasteiger charge is -2.64. The Morgan fingerprint density at radius 1 is 1.06 bits per heavy atom. The zero-order valence-corrected chi connectivity index (χ0v) is 10.7. The molecule has 4 bridgehead atoms. The Kier molecular flexibility index (Phi) is 1.61. The van der Waals surface area contributed by atoms with E-state index >= 15 is 0 Å². The molecule has 2 atom stereocenters. The van der Waals surface area contributed by atoms with Gasteiger partial charge in [0.15, 0.2) is 5.82 Å². The minimum absolute atomic E-state index is 0.232. The van der Waals surface area contributed by atoms with E-state index < -0.39 is 0 Å². The molecule has 4 nitrogen and oxygen atoms in total. The minimum atomic E-state index is 0.232. The van der Waals surface area contributed by atoms with Gasteiger partial charge in [-0.25, -0.2) is 0 Å². The highest BCUT2D eigenvalue weighted by Gasteiger charge is 2.61. The van der Waals surface area contributed by atoms with E-state index in [1.807, 2.05) is 0 Å². The van der Waals surface area contributed by atoms with E-state index in [1.54, 1.807) is 0 Å². The van der Waals surface area contributed by atoms with Crippen LogP contribution >= 0.6 is 0 Å². The Hall–Kier alpha value is -0.930. The molecule has 0 radical (unpaired) electrons. The summed E-state index contributed by atoms with van der Waals surface area (Å²) in [5.41, 5.74) is 1.28. The number of nitrogens with zero attached hydrogens (tertiary/aromatic N) is 3. The van der Waals surface area contributed by atoms with Crippen molar-refractivity contribution in [1.82, 2.24) is 20.6 Å². The molecule has 0 saturated heterocycles. The summed E-state index contributed by atoms with van der Waals surface area (Å²) >= 11 is 0. The molecule has 4 heteroatoms. The molecule has 4 fully saturated rings. The van der Waals surface area contributed by atoms with Gasteiger partial charge in [-0.05, 0) is 55.3 Å². The molecule has 2 unspecified atom stereocenters. The molecule has 4 aliphatic carbocycles. The van der Waals surface area contributed by atoms with Crippen LogP contribution in [0.15, 0.2) is 0 Å². The van der Waals surface area contributed by atoms with Crippen molar-refractivity contribution >= 4 is 0 Å². The number of hydrogen-bond acceptors (Lipinski definition) is 3. The second-order valence-corrected chi connectivity index (χ2v) is 7.65. The third kappa shape index (κ3) is 1.27. The van der Waals surface area contributed by atoms with Gasteiger partial charge >= 0.3 is 0 Å². The maximum absolute atomic E-state index is 4.32. The highest BCUT2D eigenvalue weighted by molar-refractivity contribution is 5.20. The highest BCUT2D eigenvalue weighted by atomic mass is 15.5. The second kappa shape index (κ2) is 2.73. The molecular weight excluding hydrogens is 212 g/mol. The summed E-state index contributed by atoms with van der Waals surface area (Å²) in [6.45, 7) is 4.95. The molecule has 1 aromatic rings. The molecule has 17 heavy (non-hydrogen) atoms. The third-order valence-corrected chi connectivity index (χ3v) is 5.45. The average Bonchev–Trinajstić information content (AvgIpc) is 2.63. The van der Waals surface area contributed by atoms with Crippen LogP contribution in [-0.4, -0.2) is 20.6 Å². The number of hydrogen-bond donors (Lipinski definition) is 1. The quantitative estimate of drug-likeness (QED) is 0.809. The molecule has 4 saturated carbocycles. The van der Waals surface area contributed by atoms with E-state index in [1.165, 1.54) is 38.5 Å². The Morgan fingerprint density at radius 3 is 2.29 bits per heavy atom. The van der Waals surface area contributed by atoms with Crippen molar-refractivity contribution in [3.05, 3.63) is 5.82 Å². The van der Waals surface area contributed by atoms with Crippen LogP contribution in [0.3, 0.4) is 0 Å². The molecule has 92 valence electrons. The van der Waals surface area contributed by atoms with Gasteiger partial charge < -0.3 is 0 Å². The predicted octanol–water partition coefficient (Wildman–Crippen LogP) is 2.45. The summed E-state index contributed by atoms with van der Waals surface area (Å²) < 4.78 is 0. The summed E-state index contributed by atoms with van der Waals surface area (Å²) in [4.78, 5) is 0. The van der Waals surface area contributed by atoms with Gasteiger partial charge in [0.1, 0.15) is 0 Å². The van der Waals surface area contributed by atoms with E-state index in [-0.39, 0.29) is 5.41 Å². The molecular formula is C13H20N4. The number of rotatable bonds is 1. The van der Waals surface area contributed by atoms with Crippen molar-refractivity contribution < 1.29 is 0 Å². The molecule has 1 N–H and O–H groups in total. The first-order valence-corrected chi connectivity index (χ1v) is 6.75. The molecule has 0 aliphatic heterocycles. The van der Waals surface area contributed by atoms with Crippen molar-refractivity contribution in [1.29, 1.82) is 0 Å². The minimum Gasteiger partial charge on any atom is -0.177 e. The lowest BCUT2D eigenvalue weighted by molar-refractivity contribution is -0.112. The van der Waals surface area contributed by atoms with Crippen LogP contribution in [0.2, 0.25) is 0 Å². The largest absolute Gasteiger partial charge is 0.180 e. The Balaban J connectivity index is 1.83. The summed E-state index contributed by atoms with van der Waals surface area (Å²) in [5, 5.41) is 15.1. The summed E-state index contributed by atoms with van der Waals surface area (Å²) in [6.07, 6.45) is 8.06. The standard InChI is InChI=1S/C13H20N4/c1-11-3-9-4-12(2,6-11)8-13(5-9,7-11)10-14-16-17-15-10/h9H,3-8H2,1-2H3,(H,14,15,16,17). The van der Waals surface area contributed by atoms with Crippen LogP contribution in [0, 0.1) is 16.7 Å². The third-order valence-electron chi connectivity index (χ3n) is 5.45.